The molecule has 2 aromatic rings. The Balaban J connectivity index is 1.89. The summed E-state index contributed by atoms with van der Waals surface area (Å²) in [5, 5.41) is 5.30. The van der Waals surface area contributed by atoms with E-state index >= 15 is 0 Å². The van der Waals surface area contributed by atoms with Crippen molar-refractivity contribution in [2.75, 3.05) is 0 Å². The molecule has 0 unspecified atom stereocenters. The van der Waals surface area contributed by atoms with Gasteiger partial charge in [-0.3, -0.25) is 4.79 Å². The number of benzene rings is 1. The number of amides is 1. The van der Waals surface area contributed by atoms with E-state index in [0.717, 1.165) is 23.3 Å². The predicted octanol–water partition coefficient (Wildman–Crippen LogP) is 4.11. The van der Waals surface area contributed by atoms with E-state index in [1.54, 1.807) is 23.5 Å². The van der Waals surface area contributed by atoms with Gasteiger partial charge in [-0.1, -0.05) is 24.4 Å². The molecule has 0 spiro atoms. The SMILES string of the molecule is Cc1ccsc1CNC(=O)C1(S(=O)(=O)c2ccc(Cl)cc2)CCCC1. The Bertz CT molecular complexity index is 866. The summed E-state index contributed by atoms with van der Waals surface area (Å²) >= 11 is 7.43. The quantitative estimate of drug-likeness (QED) is 0.825. The second kappa shape index (κ2) is 7.09. The fourth-order valence-corrected chi connectivity index (χ4v) is 6.37. The topological polar surface area (TPSA) is 63.2 Å². The zero-order chi connectivity index (χ0) is 18.1. The van der Waals surface area contributed by atoms with Gasteiger partial charge in [0.2, 0.25) is 5.91 Å². The van der Waals surface area contributed by atoms with Gasteiger partial charge in [-0.2, -0.15) is 0 Å². The van der Waals surface area contributed by atoms with Crippen LogP contribution in [0.1, 0.15) is 36.1 Å². The van der Waals surface area contributed by atoms with Crippen molar-refractivity contribution in [1.29, 1.82) is 0 Å². The van der Waals surface area contributed by atoms with Crippen LogP contribution in [0.25, 0.3) is 0 Å². The smallest absolute Gasteiger partial charge is 0.242 e. The average Bonchev–Trinajstić information content (AvgIpc) is 3.23. The van der Waals surface area contributed by atoms with Crippen LogP contribution in [0.2, 0.25) is 5.02 Å². The van der Waals surface area contributed by atoms with Gasteiger partial charge < -0.3 is 5.32 Å². The van der Waals surface area contributed by atoms with Crippen LogP contribution in [-0.2, 0) is 21.2 Å². The highest BCUT2D eigenvalue weighted by Gasteiger charge is 2.52. The Morgan fingerprint density at radius 3 is 2.40 bits per heavy atom. The van der Waals surface area contributed by atoms with Gasteiger partial charge >= 0.3 is 0 Å². The summed E-state index contributed by atoms with van der Waals surface area (Å²) in [6, 6.07) is 8.04. The monoisotopic (exact) mass is 397 g/mol. The number of thiophene rings is 1. The zero-order valence-corrected chi connectivity index (χ0v) is 16.3. The van der Waals surface area contributed by atoms with Gasteiger partial charge in [0, 0.05) is 9.90 Å². The van der Waals surface area contributed by atoms with Crippen LogP contribution in [0.5, 0.6) is 0 Å². The highest BCUT2D eigenvalue weighted by molar-refractivity contribution is 7.93. The van der Waals surface area contributed by atoms with Gasteiger partial charge in [-0.25, -0.2) is 8.42 Å². The first-order valence-electron chi connectivity index (χ1n) is 8.18. The number of hydrogen-bond acceptors (Lipinski definition) is 4. The van der Waals surface area contributed by atoms with Crippen molar-refractivity contribution in [1.82, 2.24) is 5.32 Å². The molecule has 1 aromatic heterocycles. The lowest BCUT2D eigenvalue weighted by molar-refractivity contribution is -0.123. The molecule has 1 saturated carbocycles. The molecule has 0 saturated heterocycles. The van der Waals surface area contributed by atoms with E-state index in [2.05, 4.69) is 5.32 Å². The molecule has 0 bridgehead atoms. The largest absolute Gasteiger partial charge is 0.350 e. The average molecular weight is 398 g/mol. The van der Waals surface area contributed by atoms with Crippen molar-refractivity contribution >= 4 is 38.7 Å². The molecule has 1 heterocycles. The molecule has 1 amide bonds. The van der Waals surface area contributed by atoms with E-state index < -0.39 is 20.5 Å². The molecule has 7 heteroatoms. The van der Waals surface area contributed by atoms with E-state index in [-0.39, 0.29) is 4.90 Å². The number of nitrogens with one attached hydrogen (secondary N) is 1. The van der Waals surface area contributed by atoms with Crippen LogP contribution >= 0.6 is 22.9 Å². The van der Waals surface area contributed by atoms with Crippen LogP contribution in [0.4, 0.5) is 0 Å². The molecule has 0 radical (unpaired) electrons. The molecule has 3 rings (SSSR count). The van der Waals surface area contributed by atoms with Gasteiger partial charge in [0.25, 0.3) is 0 Å². The maximum atomic E-state index is 13.2. The van der Waals surface area contributed by atoms with Crippen molar-refractivity contribution < 1.29 is 13.2 Å². The van der Waals surface area contributed by atoms with Crippen LogP contribution in [-0.4, -0.2) is 19.1 Å². The number of carbonyl (C=O) groups is 1. The summed E-state index contributed by atoms with van der Waals surface area (Å²) in [6.45, 7) is 2.34. The van der Waals surface area contributed by atoms with Crippen molar-refractivity contribution in [2.24, 2.45) is 0 Å². The molecule has 134 valence electrons. The predicted molar refractivity (Wildman–Crippen MR) is 101 cm³/mol. The lowest BCUT2D eigenvalue weighted by atomic mass is 10.1. The summed E-state index contributed by atoms with van der Waals surface area (Å²) in [5.41, 5.74) is 1.10. The van der Waals surface area contributed by atoms with Crippen molar-refractivity contribution in [3.05, 3.63) is 51.2 Å². The second-order valence-electron chi connectivity index (χ2n) is 6.37. The maximum absolute atomic E-state index is 13.2. The van der Waals surface area contributed by atoms with Gasteiger partial charge in [-0.05, 0) is 61.0 Å². The highest BCUT2D eigenvalue weighted by atomic mass is 35.5. The molecule has 1 aliphatic carbocycles. The van der Waals surface area contributed by atoms with Crippen LogP contribution in [0.15, 0.2) is 40.6 Å². The number of rotatable bonds is 5. The standard InChI is InChI=1S/C18H20ClNO3S2/c1-13-8-11-24-16(13)12-20-17(21)18(9-2-3-10-18)25(22,23)15-6-4-14(19)5-7-15/h4-8,11H,2-3,9-10,12H2,1H3,(H,20,21). The van der Waals surface area contributed by atoms with Crippen LogP contribution < -0.4 is 5.32 Å². The van der Waals surface area contributed by atoms with Crippen molar-refractivity contribution in [3.63, 3.8) is 0 Å². The molecule has 0 atom stereocenters. The Labute approximate surface area is 157 Å². The van der Waals surface area contributed by atoms with Crippen molar-refractivity contribution in [2.45, 2.75) is 48.8 Å². The van der Waals surface area contributed by atoms with Crippen molar-refractivity contribution in [3.8, 4) is 0 Å². The zero-order valence-electron chi connectivity index (χ0n) is 13.9. The third kappa shape index (κ3) is 3.35. The summed E-state index contributed by atoms with van der Waals surface area (Å²) in [5.74, 6) is -0.396. The molecule has 25 heavy (non-hydrogen) atoms. The number of hydrogen-bond donors (Lipinski definition) is 1. The van der Waals surface area contributed by atoms with Crippen LogP contribution in [0, 0.1) is 6.92 Å². The third-order valence-corrected chi connectivity index (χ3v) is 8.63. The first-order chi connectivity index (χ1) is 11.9. The van der Waals surface area contributed by atoms with Gasteiger partial charge in [0.1, 0.15) is 0 Å². The van der Waals surface area contributed by atoms with Gasteiger partial charge in [0.15, 0.2) is 14.6 Å². The Morgan fingerprint density at radius 2 is 1.84 bits per heavy atom. The minimum Gasteiger partial charge on any atom is -0.350 e. The molecule has 0 aliphatic heterocycles. The van der Waals surface area contributed by atoms with E-state index in [1.807, 2.05) is 18.4 Å². The molecule has 1 N–H and O–H groups in total. The number of halogens is 1. The fraction of sp³-hybridized carbons (Fsp3) is 0.389. The fourth-order valence-electron chi connectivity index (χ4n) is 3.31. The summed E-state index contributed by atoms with van der Waals surface area (Å²) in [6.07, 6.45) is 2.18. The first kappa shape index (κ1) is 18.4. The Morgan fingerprint density at radius 1 is 1.20 bits per heavy atom. The number of sulfone groups is 1. The number of carbonyl (C=O) groups excluding carboxylic acids is 1. The lowest BCUT2D eigenvalue weighted by Gasteiger charge is -2.27. The third-order valence-electron chi connectivity index (χ3n) is 4.84. The van der Waals surface area contributed by atoms with Gasteiger partial charge in [-0.15, -0.1) is 11.3 Å². The molecule has 1 aliphatic rings. The molecule has 1 fully saturated rings. The van der Waals surface area contributed by atoms with E-state index in [1.165, 1.54) is 12.1 Å². The Hall–Kier alpha value is -1.37. The summed E-state index contributed by atoms with van der Waals surface area (Å²) < 4.78 is 25.1. The molecular formula is C18H20ClNO3S2. The summed E-state index contributed by atoms with van der Waals surface area (Å²) in [4.78, 5) is 14.1. The van der Waals surface area contributed by atoms with E-state index in [0.29, 0.717) is 24.4 Å². The highest BCUT2D eigenvalue weighted by Crippen LogP contribution is 2.41. The molecule has 1 aromatic carbocycles. The minimum absolute atomic E-state index is 0.154. The van der Waals surface area contributed by atoms with E-state index in [4.69, 9.17) is 11.6 Å². The Kier molecular flexibility index (Phi) is 5.23. The van der Waals surface area contributed by atoms with Gasteiger partial charge in [0.05, 0.1) is 11.4 Å². The maximum Gasteiger partial charge on any atom is 0.242 e. The van der Waals surface area contributed by atoms with Crippen LogP contribution in [0.3, 0.4) is 0 Å². The second-order valence-corrected chi connectivity index (χ2v) is 10.1. The first-order valence-corrected chi connectivity index (χ1v) is 10.9. The number of aryl methyl sites for hydroxylation is 1. The lowest BCUT2D eigenvalue weighted by Crippen LogP contribution is -2.50. The summed E-state index contributed by atoms with van der Waals surface area (Å²) in [7, 11) is -3.78. The minimum atomic E-state index is -3.78. The molecular weight excluding hydrogens is 378 g/mol. The normalized spacial score (nSPS) is 16.7. The molecule has 4 nitrogen and oxygen atoms in total. The van der Waals surface area contributed by atoms with E-state index in [9.17, 15) is 13.2 Å².